The third-order valence-corrected chi connectivity index (χ3v) is 3.50. The van der Waals surface area contributed by atoms with Crippen LogP contribution in [-0.2, 0) is 22.9 Å². The van der Waals surface area contributed by atoms with Crippen molar-refractivity contribution in [3.8, 4) is 0 Å². The van der Waals surface area contributed by atoms with Gasteiger partial charge in [0, 0.05) is 32.3 Å². The minimum atomic E-state index is -0.523. The molecule has 0 aromatic carbocycles. The van der Waals surface area contributed by atoms with Crippen molar-refractivity contribution in [3.63, 3.8) is 0 Å². The van der Waals surface area contributed by atoms with E-state index in [0.29, 0.717) is 26.2 Å². The summed E-state index contributed by atoms with van der Waals surface area (Å²) >= 11 is 0. The monoisotopic (exact) mass is 310 g/mol. The van der Waals surface area contributed by atoms with Gasteiger partial charge in [0.2, 0.25) is 0 Å². The lowest BCUT2D eigenvalue weighted by Gasteiger charge is -2.39. The van der Waals surface area contributed by atoms with Crippen LogP contribution in [0.5, 0.6) is 0 Å². The molecule has 1 amide bonds. The lowest BCUT2D eigenvalue weighted by atomic mass is 10.0. The summed E-state index contributed by atoms with van der Waals surface area (Å²) in [7, 11) is 1.87. The zero-order valence-corrected chi connectivity index (χ0v) is 13.8. The maximum absolute atomic E-state index is 12.4. The second-order valence-corrected chi connectivity index (χ2v) is 6.66. The van der Waals surface area contributed by atoms with E-state index >= 15 is 0 Å². The van der Waals surface area contributed by atoms with Crippen LogP contribution in [0.2, 0.25) is 0 Å². The second-order valence-electron chi connectivity index (χ2n) is 6.66. The molecule has 22 heavy (non-hydrogen) atoms. The van der Waals surface area contributed by atoms with E-state index in [1.54, 1.807) is 9.58 Å². The number of morpholine rings is 1. The van der Waals surface area contributed by atoms with E-state index in [1.165, 1.54) is 0 Å². The molecule has 2 heterocycles. The number of aromatic nitrogens is 2. The lowest BCUT2D eigenvalue weighted by molar-refractivity contribution is -0.0379. The predicted octanol–water partition coefficient (Wildman–Crippen LogP) is 0.926. The Morgan fingerprint density at radius 3 is 2.91 bits per heavy atom. The number of hydrogen-bond acceptors (Lipinski definition) is 5. The minimum Gasteiger partial charge on any atom is -0.444 e. The van der Waals surface area contributed by atoms with Gasteiger partial charge < -0.3 is 15.2 Å². The smallest absolute Gasteiger partial charge is 0.410 e. The maximum atomic E-state index is 12.4. The van der Waals surface area contributed by atoms with Gasteiger partial charge in [-0.2, -0.15) is 5.10 Å². The fourth-order valence-electron chi connectivity index (χ4n) is 2.47. The summed E-state index contributed by atoms with van der Waals surface area (Å²) in [5.74, 6) is 0. The highest BCUT2D eigenvalue weighted by Crippen LogP contribution is 2.17. The highest BCUT2D eigenvalue weighted by atomic mass is 16.6. The van der Waals surface area contributed by atoms with Crippen molar-refractivity contribution in [2.24, 2.45) is 12.8 Å². The fraction of sp³-hybridized carbons (Fsp3) is 0.733. The molecular formula is C15H26N4O3. The Morgan fingerprint density at radius 1 is 1.59 bits per heavy atom. The van der Waals surface area contributed by atoms with Crippen LogP contribution in [0.15, 0.2) is 12.3 Å². The van der Waals surface area contributed by atoms with Gasteiger partial charge in [-0.1, -0.05) is 0 Å². The van der Waals surface area contributed by atoms with E-state index in [4.69, 9.17) is 15.2 Å². The first-order valence-electron chi connectivity index (χ1n) is 7.58. The van der Waals surface area contributed by atoms with E-state index in [1.807, 2.05) is 40.1 Å². The molecule has 2 unspecified atom stereocenters. The van der Waals surface area contributed by atoms with Crippen LogP contribution in [0.3, 0.4) is 0 Å². The Bertz CT molecular complexity index is 509. The van der Waals surface area contributed by atoms with Crippen LogP contribution in [0.25, 0.3) is 0 Å². The molecule has 0 spiro atoms. The number of rotatable bonds is 3. The molecule has 1 fully saturated rings. The Labute approximate surface area is 131 Å². The van der Waals surface area contributed by atoms with Crippen molar-refractivity contribution in [2.75, 3.05) is 19.8 Å². The Morgan fingerprint density at radius 2 is 2.32 bits per heavy atom. The Balaban J connectivity index is 2.03. The average Bonchev–Trinajstić information content (AvgIpc) is 2.82. The Kier molecular flexibility index (Phi) is 5.08. The summed E-state index contributed by atoms with van der Waals surface area (Å²) in [6, 6.07) is 1.48. The quantitative estimate of drug-likeness (QED) is 0.898. The molecule has 2 N–H and O–H groups in total. The molecule has 0 aliphatic carbocycles. The zero-order valence-electron chi connectivity index (χ0n) is 13.8. The number of nitrogens with two attached hydrogens (primary N) is 1. The summed E-state index contributed by atoms with van der Waals surface area (Å²) < 4.78 is 12.7. The highest BCUT2D eigenvalue weighted by molar-refractivity contribution is 5.68. The molecule has 124 valence electrons. The van der Waals surface area contributed by atoms with Gasteiger partial charge in [0.25, 0.3) is 0 Å². The van der Waals surface area contributed by atoms with Gasteiger partial charge in [0.15, 0.2) is 0 Å². The largest absolute Gasteiger partial charge is 0.444 e. The molecule has 0 bridgehead atoms. The van der Waals surface area contributed by atoms with Gasteiger partial charge >= 0.3 is 6.09 Å². The van der Waals surface area contributed by atoms with Crippen LogP contribution in [0, 0.1) is 0 Å². The molecule has 0 saturated carbocycles. The van der Waals surface area contributed by atoms with E-state index in [2.05, 4.69) is 5.10 Å². The van der Waals surface area contributed by atoms with Crippen LogP contribution < -0.4 is 5.73 Å². The molecule has 1 aliphatic rings. The van der Waals surface area contributed by atoms with Crippen molar-refractivity contribution in [1.29, 1.82) is 0 Å². The van der Waals surface area contributed by atoms with Gasteiger partial charge in [-0.15, -0.1) is 0 Å². The number of amides is 1. The van der Waals surface area contributed by atoms with E-state index in [0.717, 1.165) is 5.69 Å². The van der Waals surface area contributed by atoms with Crippen LogP contribution in [0.1, 0.15) is 26.5 Å². The third kappa shape index (κ3) is 4.45. The molecule has 0 radical (unpaired) electrons. The van der Waals surface area contributed by atoms with Crippen molar-refractivity contribution in [3.05, 3.63) is 18.0 Å². The number of carbonyl (C=O) groups is 1. The minimum absolute atomic E-state index is 0.203. The predicted molar refractivity (Wildman–Crippen MR) is 82.4 cm³/mol. The summed E-state index contributed by atoms with van der Waals surface area (Å²) in [6.45, 7) is 6.99. The summed E-state index contributed by atoms with van der Waals surface area (Å²) in [4.78, 5) is 14.0. The van der Waals surface area contributed by atoms with Gasteiger partial charge in [0.1, 0.15) is 5.60 Å². The fourth-order valence-corrected chi connectivity index (χ4v) is 2.47. The Hall–Kier alpha value is -1.60. The van der Waals surface area contributed by atoms with Crippen LogP contribution in [-0.4, -0.2) is 58.2 Å². The first kappa shape index (κ1) is 16.8. The van der Waals surface area contributed by atoms with Crippen molar-refractivity contribution in [1.82, 2.24) is 14.7 Å². The molecule has 1 aromatic heterocycles. The lowest BCUT2D eigenvalue weighted by Crippen LogP contribution is -2.58. The number of aryl methyl sites for hydroxylation is 1. The second kappa shape index (κ2) is 6.66. The van der Waals surface area contributed by atoms with Crippen LogP contribution >= 0.6 is 0 Å². The van der Waals surface area contributed by atoms with Gasteiger partial charge in [-0.3, -0.25) is 9.58 Å². The van der Waals surface area contributed by atoms with Gasteiger partial charge in [-0.05, 0) is 26.8 Å². The molecular weight excluding hydrogens is 284 g/mol. The highest BCUT2D eigenvalue weighted by Gasteiger charge is 2.34. The summed E-state index contributed by atoms with van der Waals surface area (Å²) in [5.41, 5.74) is 6.69. The standard InChI is InChI=1S/C15H26N4O3/c1-15(2,3)22-14(20)19-7-8-21-10-13(19)12(16)9-11-5-6-18(4)17-11/h5-6,12-13H,7-10,16H2,1-4H3. The summed E-state index contributed by atoms with van der Waals surface area (Å²) in [6.07, 6.45) is 2.14. The first-order valence-corrected chi connectivity index (χ1v) is 7.58. The van der Waals surface area contributed by atoms with E-state index < -0.39 is 5.60 Å². The first-order chi connectivity index (χ1) is 10.3. The SMILES string of the molecule is Cn1ccc(CC(N)C2COCCN2C(=O)OC(C)(C)C)n1. The van der Waals surface area contributed by atoms with Crippen molar-refractivity contribution in [2.45, 2.75) is 44.9 Å². The molecule has 2 rings (SSSR count). The van der Waals surface area contributed by atoms with Gasteiger partial charge in [-0.25, -0.2) is 4.79 Å². The van der Waals surface area contributed by atoms with E-state index in [-0.39, 0.29) is 18.2 Å². The maximum Gasteiger partial charge on any atom is 0.410 e. The van der Waals surface area contributed by atoms with Crippen LogP contribution in [0.4, 0.5) is 4.79 Å². The number of ether oxygens (including phenoxy) is 2. The third-order valence-electron chi connectivity index (χ3n) is 3.50. The molecule has 1 saturated heterocycles. The van der Waals surface area contributed by atoms with Crippen molar-refractivity contribution < 1.29 is 14.3 Å². The normalized spacial score (nSPS) is 20.8. The number of nitrogens with zero attached hydrogens (tertiary/aromatic N) is 3. The topological polar surface area (TPSA) is 82.6 Å². The average molecular weight is 310 g/mol. The van der Waals surface area contributed by atoms with Gasteiger partial charge in [0.05, 0.1) is 24.9 Å². The molecule has 2 atom stereocenters. The molecule has 1 aromatic rings. The van der Waals surface area contributed by atoms with E-state index in [9.17, 15) is 4.79 Å². The molecule has 7 heteroatoms. The molecule has 7 nitrogen and oxygen atoms in total. The number of hydrogen-bond donors (Lipinski definition) is 1. The summed E-state index contributed by atoms with van der Waals surface area (Å²) in [5, 5.41) is 4.34. The molecule has 1 aliphatic heterocycles. The number of carbonyl (C=O) groups excluding carboxylic acids is 1. The zero-order chi connectivity index (χ0) is 16.3. The van der Waals surface area contributed by atoms with Crippen molar-refractivity contribution >= 4 is 6.09 Å².